The smallest absolute Gasteiger partial charge is 0.342 e. The third kappa shape index (κ3) is 2.68. The molecule has 1 aromatic carbocycles. The molecule has 23 heavy (non-hydrogen) atoms. The Hall–Kier alpha value is -2.05. The van der Waals surface area contributed by atoms with Crippen molar-refractivity contribution in [2.45, 2.75) is 31.4 Å². The summed E-state index contributed by atoms with van der Waals surface area (Å²) in [5.41, 5.74) is 0.235. The van der Waals surface area contributed by atoms with Gasteiger partial charge in [0.05, 0.1) is 16.6 Å². The van der Waals surface area contributed by atoms with Crippen molar-refractivity contribution in [2.24, 2.45) is 5.92 Å². The van der Waals surface area contributed by atoms with Gasteiger partial charge in [-0.3, -0.25) is 4.79 Å². The van der Waals surface area contributed by atoms with Crippen LogP contribution in [0.4, 0.5) is 13.2 Å². The minimum Gasteiger partial charge on any atom is -0.342 e. The fourth-order valence-corrected chi connectivity index (χ4v) is 3.17. The van der Waals surface area contributed by atoms with E-state index in [9.17, 15) is 18.0 Å². The Morgan fingerprint density at radius 3 is 2.74 bits per heavy atom. The molecule has 1 saturated heterocycles. The van der Waals surface area contributed by atoms with Crippen molar-refractivity contribution in [1.29, 1.82) is 0 Å². The Balaban J connectivity index is 1.56. The molecule has 1 saturated carbocycles. The zero-order valence-electron chi connectivity index (χ0n) is 12.4. The van der Waals surface area contributed by atoms with Gasteiger partial charge in [-0.2, -0.15) is 13.2 Å². The molecule has 0 radical (unpaired) electrons. The lowest BCUT2D eigenvalue weighted by molar-refractivity contribution is -0.137. The highest BCUT2D eigenvalue weighted by Crippen LogP contribution is 2.35. The molecule has 0 unspecified atom stereocenters. The molecule has 1 aliphatic heterocycles. The average Bonchev–Trinajstić information content (AvgIpc) is 3.08. The molecule has 1 amide bonds. The van der Waals surface area contributed by atoms with Crippen LogP contribution in [-0.4, -0.2) is 33.9 Å². The van der Waals surface area contributed by atoms with Gasteiger partial charge in [0.2, 0.25) is 5.91 Å². The Kier molecular flexibility index (Phi) is 3.14. The molecule has 1 aromatic heterocycles. The predicted octanol–water partition coefficient (Wildman–Crippen LogP) is 3.31. The number of carbonyl (C=O) groups excluding carboxylic acids is 1. The molecule has 1 N–H and O–H groups in total. The van der Waals surface area contributed by atoms with Crippen LogP contribution in [-0.2, 0) is 11.0 Å². The standard InChI is InChI=1S/C16H16F3N3O/c17-16(18,19)11-3-4-12-13(7-11)21-14(20-12)10-5-6-22(8-10)15(23)9-1-2-9/h3-4,7,9-10H,1-2,5-6,8H2,(H,20,21)/t10-/m0/s1. The maximum absolute atomic E-state index is 12.8. The number of carbonyl (C=O) groups is 1. The van der Waals surface area contributed by atoms with Crippen molar-refractivity contribution in [3.63, 3.8) is 0 Å². The third-order valence-electron chi connectivity index (χ3n) is 4.64. The van der Waals surface area contributed by atoms with Crippen LogP contribution < -0.4 is 0 Å². The second-order valence-corrected chi connectivity index (χ2v) is 6.40. The van der Waals surface area contributed by atoms with Gasteiger partial charge in [-0.05, 0) is 37.5 Å². The minimum atomic E-state index is -4.36. The van der Waals surface area contributed by atoms with E-state index in [4.69, 9.17) is 0 Å². The van der Waals surface area contributed by atoms with Gasteiger partial charge in [0.1, 0.15) is 5.82 Å². The molecular formula is C16H16F3N3O. The van der Waals surface area contributed by atoms with Crippen molar-refractivity contribution >= 4 is 16.9 Å². The van der Waals surface area contributed by atoms with Gasteiger partial charge in [0.25, 0.3) is 0 Å². The molecule has 2 aliphatic rings. The number of imidazole rings is 1. The lowest BCUT2D eigenvalue weighted by atomic mass is 10.1. The highest BCUT2D eigenvalue weighted by molar-refractivity contribution is 5.81. The lowest BCUT2D eigenvalue weighted by Gasteiger charge is -2.15. The third-order valence-corrected chi connectivity index (χ3v) is 4.64. The Morgan fingerprint density at radius 2 is 2.04 bits per heavy atom. The number of nitrogens with one attached hydrogen (secondary N) is 1. The molecule has 1 aliphatic carbocycles. The summed E-state index contributed by atoms with van der Waals surface area (Å²) >= 11 is 0. The molecule has 4 rings (SSSR count). The van der Waals surface area contributed by atoms with E-state index < -0.39 is 11.7 Å². The number of likely N-dealkylation sites (tertiary alicyclic amines) is 1. The van der Waals surface area contributed by atoms with Gasteiger partial charge < -0.3 is 9.88 Å². The van der Waals surface area contributed by atoms with E-state index in [0.29, 0.717) is 29.9 Å². The van der Waals surface area contributed by atoms with Crippen LogP contribution in [0.2, 0.25) is 0 Å². The van der Waals surface area contributed by atoms with Gasteiger partial charge in [-0.15, -0.1) is 0 Å². The number of H-pyrrole nitrogens is 1. The van der Waals surface area contributed by atoms with Crippen LogP contribution >= 0.6 is 0 Å². The number of benzene rings is 1. The van der Waals surface area contributed by atoms with Crippen LogP contribution in [0.5, 0.6) is 0 Å². The highest BCUT2D eigenvalue weighted by atomic mass is 19.4. The zero-order chi connectivity index (χ0) is 16.2. The summed E-state index contributed by atoms with van der Waals surface area (Å²) in [5, 5.41) is 0. The summed E-state index contributed by atoms with van der Waals surface area (Å²) in [6, 6.07) is 3.53. The quantitative estimate of drug-likeness (QED) is 0.922. The number of fused-ring (bicyclic) bond motifs is 1. The van der Waals surface area contributed by atoms with Gasteiger partial charge in [0.15, 0.2) is 0 Å². The number of rotatable bonds is 2. The maximum Gasteiger partial charge on any atom is 0.416 e. The Labute approximate surface area is 130 Å². The zero-order valence-corrected chi connectivity index (χ0v) is 12.4. The summed E-state index contributed by atoms with van der Waals surface area (Å²) < 4.78 is 38.3. The summed E-state index contributed by atoms with van der Waals surface area (Å²) in [6.07, 6.45) is -1.61. The van der Waals surface area contributed by atoms with E-state index in [2.05, 4.69) is 9.97 Å². The number of hydrogen-bond acceptors (Lipinski definition) is 2. The average molecular weight is 323 g/mol. The largest absolute Gasteiger partial charge is 0.416 e. The van der Waals surface area contributed by atoms with Gasteiger partial charge in [-0.25, -0.2) is 4.98 Å². The fraction of sp³-hybridized carbons (Fsp3) is 0.500. The first kappa shape index (κ1) is 14.5. The number of aromatic nitrogens is 2. The summed E-state index contributed by atoms with van der Waals surface area (Å²) in [4.78, 5) is 21.4. The topological polar surface area (TPSA) is 49.0 Å². The summed E-state index contributed by atoms with van der Waals surface area (Å²) in [5.74, 6) is 1.14. The Morgan fingerprint density at radius 1 is 1.26 bits per heavy atom. The van der Waals surface area contributed by atoms with Gasteiger partial charge in [-0.1, -0.05) is 0 Å². The first-order valence-electron chi connectivity index (χ1n) is 7.77. The van der Waals surface area contributed by atoms with Crippen molar-refractivity contribution in [3.8, 4) is 0 Å². The van der Waals surface area contributed by atoms with Gasteiger partial charge in [0, 0.05) is 24.9 Å². The van der Waals surface area contributed by atoms with E-state index >= 15 is 0 Å². The lowest BCUT2D eigenvalue weighted by Crippen LogP contribution is -2.29. The van der Waals surface area contributed by atoms with Crippen LogP contribution in [0, 0.1) is 5.92 Å². The van der Waals surface area contributed by atoms with E-state index in [0.717, 1.165) is 31.4 Å². The molecule has 2 heterocycles. The van der Waals surface area contributed by atoms with Crippen LogP contribution in [0.1, 0.15) is 36.6 Å². The predicted molar refractivity (Wildman–Crippen MR) is 77.8 cm³/mol. The van der Waals surface area contributed by atoms with Crippen molar-refractivity contribution in [2.75, 3.05) is 13.1 Å². The molecular weight excluding hydrogens is 307 g/mol. The van der Waals surface area contributed by atoms with Crippen molar-refractivity contribution in [3.05, 3.63) is 29.6 Å². The van der Waals surface area contributed by atoms with Crippen LogP contribution in [0.3, 0.4) is 0 Å². The molecule has 7 heteroatoms. The van der Waals surface area contributed by atoms with E-state index in [1.54, 1.807) is 0 Å². The number of nitrogens with zero attached hydrogens (tertiary/aromatic N) is 2. The molecule has 122 valence electrons. The SMILES string of the molecule is O=C(C1CC1)N1CC[C@H](c2nc3ccc(C(F)(F)F)cc3[nH]2)C1. The van der Waals surface area contributed by atoms with E-state index in [-0.39, 0.29) is 17.7 Å². The van der Waals surface area contributed by atoms with E-state index in [1.807, 2.05) is 4.90 Å². The minimum absolute atomic E-state index is 0.0689. The van der Waals surface area contributed by atoms with Crippen molar-refractivity contribution in [1.82, 2.24) is 14.9 Å². The van der Waals surface area contributed by atoms with E-state index in [1.165, 1.54) is 6.07 Å². The molecule has 0 bridgehead atoms. The fourth-order valence-electron chi connectivity index (χ4n) is 3.17. The Bertz CT molecular complexity index is 764. The molecule has 1 atom stereocenters. The molecule has 2 aromatic rings. The van der Waals surface area contributed by atoms with Crippen molar-refractivity contribution < 1.29 is 18.0 Å². The summed E-state index contributed by atoms with van der Waals surface area (Å²) in [6.45, 7) is 1.30. The highest BCUT2D eigenvalue weighted by Gasteiger charge is 2.37. The first-order chi connectivity index (χ1) is 10.9. The van der Waals surface area contributed by atoms with Gasteiger partial charge >= 0.3 is 6.18 Å². The second kappa shape index (κ2) is 4.97. The van der Waals surface area contributed by atoms with Crippen LogP contribution in [0.15, 0.2) is 18.2 Å². The molecule has 4 nitrogen and oxygen atoms in total. The number of halogens is 3. The maximum atomic E-state index is 12.8. The number of amides is 1. The first-order valence-corrected chi connectivity index (χ1v) is 7.77. The molecule has 0 spiro atoms. The normalized spacial score (nSPS) is 22.0. The number of aromatic amines is 1. The second-order valence-electron chi connectivity index (χ2n) is 6.40. The number of alkyl halides is 3. The van der Waals surface area contributed by atoms with Crippen LogP contribution in [0.25, 0.3) is 11.0 Å². The molecule has 2 fully saturated rings. The summed E-state index contributed by atoms with van der Waals surface area (Å²) in [7, 11) is 0. The number of hydrogen-bond donors (Lipinski definition) is 1. The monoisotopic (exact) mass is 323 g/mol.